The molecular weight excluding hydrogens is 360 g/mol. The van der Waals surface area contributed by atoms with E-state index >= 15 is 0 Å². The van der Waals surface area contributed by atoms with Gasteiger partial charge in [0.15, 0.2) is 6.29 Å². The third-order valence-corrected chi connectivity index (χ3v) is 3.75. The summed E-state index contributed by atoms with van der Waals surface area (Å²) < 4.78 is 30.8. The van der Waals surface area contributed by atoms with Gasteiger partial charge < -0.3 is 23.7 Å². The van der Waals surface area contributed by atoms with Gasteiger partial charge in [-0.05, 0) is 66.7 Å². The normalized spacial score (nSPS) is 17.1. The fraction of sp³-hybridized carbons (Fsp3) is 1.00. The molecule has 0 aliphatic rings. The van der Waals surface area contributed by atoms with Gasteiger partial charge in [0.1, 0.15) is 0 Å². The predicted molar refractivity (Wildman–Crippen MR) is 111 cm³/mol. The Hall–Kier alpha value is -0.240. The van der Waals surface area contributed by atoms with E-state index in [-0.39, 0.29) is 25.2 Å². The van der Waals surface area contributed by atoms with E-state index in [1.54, 1.807) is 0 Å². The zero-order valence-corrected chi connectivity index (χ0v) is 19.7. The molecule has 0 rings (SSSR count). The van der Waals surface area contributed by atoms with Crippen molar-refractivity contribution in [2.24, 2.45) is 5.92 Å². The molecule has 0 aliphatic carbocycles. The number of ether oxygens (including phenoxy) is 5. The van der Waals surface area contributed by atoms with Crippen molar-refractivity contribution in [3.05, 3.63) is 0 Å². The van der Waals surface area contributed by atoms with E-state index in [4.69, 9.17) is 23.7 Å². The summed E-state index contributed by atoms with van der Waals surface area (Å²) in [6.07, 6.45) is 1.71. The third kappa shape index (κ3) is 13.9. The minimum absolute atomic E-state index is 0.0401. The van der Waals surface area contributed by atoms with Gasteiger partial charge in [-0.25, -0.2) is 5.11 Å². The number of unbranched alkanes of at least 4 members (excludes halogenated alkanes) is 1. The molecule has 3 unspecified atom stereocenters. The highest BCUT2D eigenvalue weighted by Gasteiger charge is 2.41. The van der Waals surface area contributed by atoms with Gasteiger partial charge in [-0.1, -0.05) is 20.8 Å². The molecular formula is C22H45O6. The Bertz CT molecular complexity index is 380. The first-order chi connectivity index (χ1) is 12.9. The molecule has 28 heavy (non-hydrogen) atoms. The lowest BCUT2D eigenvalue weighted by atomic mass is 10.2. The second-order valence-electron chi connectivity index (χ2n) is 9.04. The molecule has 6 nitrogen and oxygen atoms in total. The molecule has 0 saturated carbocycles. The van der Waals surface area contributed by atoms with Gasteiger partial charge in [0.25, 0.3) is 5.97 Å². The number of hydrogen-bond donors (Lipinski definition) is 0. The lowest BCUT2D eigenvalue weighted by Gasteiger charge is -2.40. The first-order valence-electron chi connectivity index (χ1n) is 10.8. The van der Waals surface area contributed by atoms with Crippen molar-refractivity contribution in [1.82, 2.24) is 0 Å². The van der Waals surface area contributed by atoms with Crippen molar-refractivity contribution in [3.8, 4) is 0 Å². The van der Waals surface area contributed by atoms with E-state index in [9.17, 15) is 5.11 Å². The Morgan fingerprint density at radius 1 is 0.893 bits per heavy atom. The second-order valence-corrected chi connectivity index (χ2v) is 9.04. The molecule has 0 aromatic rings. The van der Waals surface area contributed by atoms with Crippen LogP contribution in [-0.2, 0) is 28.8 Å². The molecule has 0 saturated heterocycles. The van der Waals surface area contributed by atoms with Crippen molar-refractivity contribution in [2.45, 2.75) is 118 Å². The highest BCUT2D eigenvalue weighted by Crippen LogP contribution is 2.30. The molecule has 0 amide bonds. The summed E-state index contributed by atoms with van der Waals surface area (Å²) in [5, 5.41) is 10.7. The van der Waals surface area contributed by atoms with Gasteiger partial charge in [-0.15, -0.1) is 0 Å². The monoisotopic (exact) mass is 405 g/mol. The second kappa shape index (κ2) is 13.9. The van der Waals surface area contributed by atoms with Crippen molar-refractivity contribution in [2.75, 3.05) is 19.8 Å². The minimum atomic E-state index is -1.25. The molecule has 6 heteroatoms. The molecule has 1 radical (unpaired) electrons. The van der Waals surface area contributed by atoms with E-state index < -0.39 is 17.9 Å². The molecule has 169 valence electrons. The zero-order chi connectivity index (χ0) is 21.8. The molecule has 0 heterocycles. The molecule has 0 spiro atoms. The quantitative estimate of drug-likeness (QED) is 0.257. The van der Waals surface area contributed by atoms with Crippen LogP contribution in [0.3, 0.4) is 0 Å². The predicted octanol–water partition coefficient (Wildman–Crippen LogP) is 5.31. The molecule has 3 atom stereocenters. The van der Waals surface area contributed by atoms with E-state index in [0.29, 0.717) is 32.0 Å². The van der Waals surface area contributed by atoms with Gasteiger partial charge in [-0.2, -0.15) is 0 Å². The zero-order valence-electron chi connectivity index (χ0n) is 19.7. The van der Waals surface area contributed by atoms with Crippen LogP contribution in [0.2, 0.25) is 0 Å². The van der Waals surface area contributed by atoms with Gasteiger partial charge >= 0.3 is 0 Å². The van der Waals surface area contributed by atoms with Crippen LogP contribution in [-0.4, -0.2) is 49.9 Å². The standard InChI is InChI=1S/C22H45O6/c1-10-19(6)27-22(26-18(4)5,25-16-17(2)3)15-20(28-21(7,8)9)24-14-12-11-13-23/h17-20H,10-16H2,1-9H3. The van der Waals surface area contributed by atoms with Gasteiger partial charge in [0, 0.05) is 6.61 Å². The van der Waals surface area contributed by atoms with Crippen LogP contribution in [0.4, 0.5) is 0 Å². The van der Waals surface area contributed by atoms with Gasteiger partial charge in [0.05, 0.1) is 37.4 Å². The van der Waals surface area contributed by atoms with E-state index in [0.717, 1.165) is 6.42 Å². The van der Waals surface area contributed by atoms with Crippen LogP contribution in [0.1, 0.15) is 88.0 Å². The summed E-state index contributed by atoms with van der Waals surface area (Å²) in [6, 6.07) is 0. The van der Waals surface area contributed by atoms with Crippen LogP contribution >= 0.6 is 0 Å². The lowest BCUT2D eigenvalue weighted by Crippen LogP contribution is -2.48. The fourth-order valence-electron chi connectivity index (χ4n) is 2.45. The highest BCUT2D eigenvalue weighted by molar-refractivity contribution is 4.70. The maximum Gasteiger partial charge on any atom is 0.288 e. The van der Waals surface area contributed by atoms with Crippen LogP contribution in [0.5, 0.6) is 0 Å². The van der Waals surface area contributed by atoms with Crippen LogP contribution in [0.25, 0.3) is 0 Å². The Kier molecular flexibility index (Phi) is 13.8. The summed E-state index contributed by atoms with van der Waals surface area (Å²) in [4.78, 5) is 0. The molecule has 0 aliphatic heterocycles. The van der Waals surface area contributed by atoms with Crippen LogP contribution < -0.4 is 0 Å². The average molecular weight is 406 g/mol. The lowest BCUT2D eigenvalue weighted by molar-refractivity contribution is -0.422. The Morgan fingerprint density at radius 2 is 1.54 bits per heavy atom. The van der Waals surface area contributed by atoms with Gasteiger partial charge in [-0.3, -0.25) is 0 Å². The average Bonchev–Trinajstić information content (AvgIpc) is 2.54. The molecule has 0 aromatic heterocycles. The molecule has 0 bridgehead atoms. The maximum atomic E-state index is 10.7. The maximum absolute atomic E-state index is 10.7. The van der Waals surface area contributed by atoms with Crippen molar-refractivity contribution in [3.63, 3.8) is 0 Å². The summed E-state index contributed by atoms with van der Waals surface area (Å²) in [7, 11) is 0. The fourth-order valence-corrected chi connectivity index (χ4v) is 2.45. The van der Waals surface area contributed by atoms with Gasteiger partial charge in [0.2, 0.25) is 0 Å². The largest absolute Gasteiger partial charge is 0.352 e. The summed E-state index contributed by atoms with van der Waals surface area (Å²) in [6.45, 7) is 19.0. The Morgan fingerprint density at radius 3 is 2.00 bits per heavy atom. The van der Waals surface area contributed by atoms with Crippen molar-refractivity contribution >= 4 is 0 Å². The number of hydrogen-bond acceptors (Lipinski definition) is 5. The number of rotatable bonds is 16. The molecule has 0 aromatic carbocycles. The van der Waals surface area contributed by atoms with Crippen LogP contribution in [0.15, 0.2) is 0 Å². The summed E-state index contributed by atoms with van der Waals surface area (Å²) in [5.41, 5.74) is -0.402. The topological polar surface area (TPSA) is 66.1 Å². The minimum Gasteiger partial charge on any atom is -0.352 e. The first kappa shape index (κ1) is 27.8. The smallest absolute Gasteiger partial charge is 0.288 e. The van der Waals surface area contributed by atoms with Crippen molar-refractivity contribution in [1.29, 1.82) is 0 Å². The van der Waals surface area contributed by atoms with Crippen molar-refractivity contribution < 1.29 is 28.8 Å². The van der Waals surface area contributed by atoms with Crippen LogP contribution in [0, 0.1) is 5.92 Å². The van der Waals surface area contributed by atoms with E-state index in [1.807, 2.05) is 41.5 Å². The van der Waals surface area contributed by atoms with E-state index in [1.165, 1.54) is 0 Å². The highest BCUT2D eigenvalue weighted by atomic mass is 16.9. The molecule has 0 fully saturated rings. The molecule has 0 N–H and O–H groups in total. The Labute approximate surface area is 173 Å². The first-order valence-corrected chi connectivity index (χ1v) is 10.8. The summed E-state index contributed by atoms with van der Waals surface area (Å²) >= 11 is 0. The SMILES string of the molecule is CCC(C)OC(CC(OCCCC[O])OC(C)(C)C)(OCC(C)C)OC(C)C. The Balaban J connectivity index is 5.51. The summed E-state index contributed by atoms with van der Waals surface area (Å²) in [5.74, 6) is -0.918. The third-order valence-electron chi connectivity index (χ3n) is 3.75. The van der Waals surface area contributed by atoms with E-state index in [2.05, 4.69) is 20.8 Å².